The summed E-state index contributed by atoms with van der Waals surface area (Å²) in [6.45, 7) is 13.4. The Labute approximate surface area is 431 Å². The molecule has 13 nitrogen and oxygen atoms in total. The Bertz CT molecular complexity index is 2150. The van der Waals surface area contributed by atoms with Crippen molar-refractivity contribution in [2.24, 2.45) is 11.8 Å². The highest BCUT2D eigenvalue weighted by Gasteiger charge is 2.49. The first-order valence-electron chi connectivity index (χ1n) is 25.5. The molecule has 1 N–H and O–H groups in total. The van der Waals surface area contributed by atoms with Gasteiger partial charge in [0.05, 0.1) is 51.0 Å². The molecule has 2 atom stereocenters. The lowest BCUT2D eigenvalue weighted by molar-refractivity contribution is -0.946. The molecule has 0 aromatic heterocycles. The number of hydrogen-bond donors (Lipinski definition) is 1. The number of carbonyl (C=O) groups is 4. The molecule has 6 saturated heterocycles. The number of alkyl halides is 6. The first-order chi connectivity index (χ1) is 35.4. The Morgan fingerprint density at radius 2 is 1.23 bits per heavy atom. The number of benzene rings is 2. The largest absolute Gasteiger partial charge is 0.542 e. The molecule has 6 heterocycles. The average molecular weight is 1080 g/mol. The van der Waals surface area contributed by atoms with Gasteiger partial charge in [-0.3, -0.25) is 4.90 Å². The van der Waals surface area contributed by atoms with Gasteiger partial charge in [0, 0.05) is 75.1 Å². The highest BCUT2D eigenvalue weighted by molar-refractivity contribution is 5.88. The van der Waals surface area contributed by atoms with Gasteiger partial charge >= 0.3 is 24.5 Å². The lowest BCUT2D eigenvalue weighted by atomic mass is 9.83. The second-order valence-corrected chi connectivity index (χ2v) is 19.4. The van der Waals surface area contributed by atoms with Gasteiger partial charge in [0.1, 0.15) is 48.3 Å². The van der Waals surface area contributed by atoms with E-state index in [0.29, 0.717) is 50.6 Å². The minimum absolute atomic E-state index is 0.0282. The molecule has 0 spiro atoms. The summed E-state index contributed by atoms with van der Waals surface area (Å²) in [5.74, 6) is -7.52. The summed E-state index contributed by atoms with van der Waals surface area (Å²) in [5.41, 5.74) is -0.0707. The molecule has 6 fully saturated rings. The number of carboxylic acid groups (broad SMARTS) is 2. The van der Waals surface area contributed by atoms with Gasteiger partial charge in [0.15, 0.2) is 12.2 Å². The number of nitrogens with one attached hydrogen (secondary N) is 1. The normalized spacial score (nSPS) is 22.5. The number of aliphatic carboxylic acids is 2. The zero-order valence-corrected chi connectivity index (χ0v) is 42.4. The number of nitriles is 1. The van der Waals surface area contributed by atoms with Gasteiger partial charge in [-0.1, -0.05) is 57.7 Å². The standard InChI is InChI=1S/C25H39F2N2O2.C23H29F2N3O2.2C2HF3O2/c1-3-5-7-8-9-15-29-16-12-20(13-17-29)24(19-29)31-25(30)28(14-6-4-2)23-18-21(26)10-11-22(23)27;24-20-8-6-9-21(25)19(20)7-2-1-4-13-27-23(29)30-22-17-28(14-5-3-12-26)15-10-18(22)11-16-28;2*3-2(4,5)1(6)7/h10-11,18,20,24H,3-9,12-17,19H2,1-2H3;2,6-9,18,22H,1,3-5,10-11,13-17H2;2*(H,6,7)/q+1;;;/p-1/t20?,24-,29?;18?,22-,28?;;/m00../s1. The van der Waals surface area contributed by atoms with E-state index in [1.807, 2.05) is 6.92 Å². The Morgan fingerprint density at radius 1 is 0.720 bits per heavy atom. The number of alkyl carbamates (subject to hydrolysis) is 1. The molecule has 420 valence electrons. The van der Waals surface area contributed by atoms with Crippen LogP contribution in [0.3, 0.4) is 0 Å². The molecule has 0 unspecified atom stereocenters. The maximum Gasteiger partial charge on any atom is 0.430 e. The van der Waals surface area contributed by atoms with E-state index in [4.69, 9.17) is 34.5 Å². The fourth-order valence-corrected chi connectivity index (χ4v) is 9.86. The van der Waals surface area contributed by atoms with Crippen molar-refractivity contribution >= 4 is 35.9 Å². The second-order valence-electron chi connectivity index (χ2n) is 19.4. The minimum atomic E-state index is -5.19. The van der Waals surface area contributed by atoms with Crippen molar-refractivity contribution in [3.8, 4) is 6.07 Å². The molecule has 0 aliphatic carbocycles. The van der Waals surface area contributed by atoms with E-state index >= 15 is 0 Å². The van der Waals surface area contributed by atoms with Crippen LogP contribution in [0.25, 0.3) is 6.08 Å². The molecule has 75 heavy (non-hydrogen) atoms. The van der Waals surface area contributed by atoms with Crippen LogP contribution >= 0.6 is 0 Å². The quantitative estimate of drug-likeness (QED) is 0.0771. The van der Waals surface area contributed by atoms with Crippen molar-refractivity contribution in [1.29, 1.82) is 5.26 Å². The molecular formula is C52H69F10N5O8. The summed E-state index contributed by atoms with van der Waals surface area (Å²) in [6, 6.07) is 9.24. The summed E-state index contributed by atoms with van der Waals surface area (Å²) >= 11 is 0. The number of halogens is 10. The van der Waals surface area contributed by atoms with Crippen molar-refractivity contribution in [1.82, 2.24) is 5.32 Å². The number of amides is 2. The topological polar surface area (TPSA) is 172 Å². The summed E-state index contributed by atoms with van der Waals surface area (Å²) in [4.78, 5) is 44.2. The Morgan fingerprint density at radius 3 is 1.73 bits per heavy atom. The molecule has 4 bridgehead atoms. The summed E-state index contributed by atoms with van der Waals surface area (Å²) in [7, 11) is 0. The van der Waals surface area contributed by atoms with E-state index in [9.17, 15) is 53.5 Å². The maximum atomic E-state index is 14.4. The van der Waals surface area contributed by atoms with Crippen LogP contribution in [0.2, 0.25) is 0 Å². The molecule has 23 heteroatoms. The van der Waals surface area contributed by atoms with E-state index < -0.39 is 59.7 Å². The predicted molar refractivity (Wildman–Crippen MR) is 252 cm³/mol. The van der Waals surface area contributed by atoms with Gasteiger partial charge in [-0.05, 0) is 56.4 Å². The van der Waals surface area contributed by atoms with Crippen LogP contribution in [0, 0.1) is 46.4 Å². The number of nitrogens with zero attached hydrogens (tertiary/aromatic N) is 4. The van der Waals surface area contributed by atoms with Gasteiger partial charge in [-0.25, -0.2) is 27.2 Å². The van der Waals surface area contributed by atoms with Crippen molar-refractivity contribution in [2.75, 3.05) is 70.3 Å². The third-order valence-electron chi connectivity index (χ3n) is 14.0. The van der Waals surface area contributed by atoms with Gasteiger partial charge in [0.25, 0.3) is 0 Å². The van der Waals surface area contributed by atoms with Gasteiger partial charge in [-0.15, -0.1) is 0 Å². The molecule has 2 aromatic carbocycles. The number of allylic oxidation sites excluding steroid dienone is 1. The third kappa shape index (κ3) is 21.5. The number of carbonyl (C=O) groups excluding carboxylic acids is 4. The van der Waals surface area contributed by atoms with E-state index in [0.717, 1.165) is 105 Å². The number of piperidine rings is 6. The van der Waals surface area contributed by atoms with Crippen LogP contribution in [-0.4, -0.2) is 123 Å². The molecular weight excluding hydrogens is 1010 g/mol. The number of quaternary nitrogens is 2. The fourth-order valence-electron chi connectivity index (χ4n) is 9.86. The molecule has 8 rings (SSSR count). The van der Waals surface area contributed by atoms with Crippen molar-refractivity contribution in [2.45, 2.75) is 135 Å². The lowest BCUT2D eigenvalue weighted by Gasteiger charge is -2.52. The van der Waals surface area contributed by atoms with E-state index in [1.165, 1.54) is 74.4 Å². The van der Waals surface area contributed by atoms with Crippen molar-refractivity contribution in [3.63, 3.8) is 0 Å². The SMILES string of the molecule is CCCCCCC[N+]12CCC(CC1)[C@@H](OC(=O)N(CCCC)c1cc(F)ccc1F)C2.N#CCCC[N+]12CCC(CC1)[C@@H](OC(=O)NCCCC=Cc1c(F)cccc1F)C2.O=C([O-])C(F)(F)F.O=C([O-])C(F)(F)F. The zero-order valence-electron chi connectivity index (χ0n) is 42.4. The predicted octanol–water partition coefficient (Wildman–Crippen LogP) is 9.28. The fraction of sp³-hybridized carbons (Fsp3) is 0.635. The highest BCUT2D eigenvalue weighted by atomic mass is 19.4. The molecule has 6 aliphatic rings. The van der Waals surface area contributed by atoms with Gasteiger partial charge in [0.2, 0.25) is 0 Å². The van der Waals surface area contributed by atoms with Crippen molar-refractivity contribution < 1.29 is 91.7 Å². The number of fused-ring (bicyclic) bond motifs is 6. The van der Waals surface area contributed by atoms with E-state index in [-0.39, 0.29) is 23.5 Å². The van der Waals surface area contributed by atoms with Gasteiger partial charge < -0.3 is 43.6 Å². The van der Waals surface area contributed by atoms with Crippen LogP contribution in [0.4, 0.5) is 59.2 Å². The summed E-state index contributed by atoms with van der Waals surface area (Å²) < 4.78 is 132. The summed E-state index contributed by atoms with van der Waals surface area (Å²) in [6.07, 6.45) is 6.54. The van der Waals surface area contributed by atoms with E-state index in [1.54, 1.807) is 6.08 Å². The smallest absolute Gasteiger partial charge is 0.430 e. The number of carboxylic acids is 2. The van der Waals surface area contributed by atoms with Crippen LogP contribution < -0.4 is 20.4 Å². The highest BCUT2D eigenvalue weighted by Crippen LogP contribution is 2.38. The third-order valence-corrected chi connectivity index (χ3v) is 14.0. The Hall–Kier alpha value is -5.63. The Balaban J connectivity index is 0.000000315. The number of rotatable bonds is 20. The minimum Gasteiger partial charge on any atom is -0.542 e. The molecule has 2 aromatic rings. The molecule has 0 saturated carbocycles. The number of ether oxygens (including phenoxy) is 2. The number of unbranched alkanes of at least 4 members (excludes halogenated alkanes) is 7. The Kier molecular flexibility index (Phi) is 26.1. The molecule has 6 aliphatic heterocycles. The summed E-state index contributed by atoms with van der Waals surface area (Å²) in [5, 5.41) is 29.1. The van der Waals surface area contributed by atoms with Crippen LogP contribution in [0.15, 0.2) is 42.5 Å². The van der Waals surface area contributed by atoms with Crippen LogP contribution in [0.1, 0.15) is 116 Å². The van der Waals surface area contributed by atoms with E-state index in [2.05, 4.69) is 18.3 Å². The first kappa shape index (κ1) is 63.7. The van der Waals surface area contributed by atoms with Gasteiger partial charge in [-0.2, -0.15) is 31.6 Å². The van der Waals surface area contributed by atoms with Crippen molar-refractivity contribution in [3.05, 3.63) is 71.3 Å². The van der Waals surface area contributed by atoms with Crippen LogP contribution in [0.5, 0.6) is 0 Å². The molecule has 2 amide bonds. The maximum absolute atomic E-state index is 14.4. The first-order valence-corrected chi connectivity index (χ1v) is 25.5. The average Bonchev–Trinajstić information content (AvgIpc) is 3.35. The lowest BCUT2D eigenvalue weighted by Crippen LogP contribution is -2.65. The second kappa shape index (κ2) is 30.8. The number of anilines is 1. The zero-order chi connectivity index (χ0) is 55.8. The monoisotopic (exact) mass is 1080 g/mol. The van der Waals surface area contributed by atoms with Crippen LogP contribution in [-0.2, 0) is 19.1 Å². The molecule has 0 radical (unpaired) electrons. The number of hydrogen-bond acceptors (Lipinski definition) is 9.